The molecule has 0 radical (unpaired) electrons. The third-order valence-electron chi connectivity index (χ3n) is 4.79. The Labute approximate surface area is 149 Å². The summed E-state index contributed by atoms with van der Waals surface area (Å²) in [5.74, 6) is 0.976. The highest BCUT2D eigenvalue weighted by Crippen LogP contribution is 2.36. The predicted molar refractivity (Wildman–Crippen MR) is 96.2 cm³/mol. The minimum Gasteiger partial charge on any atom is -0.444 e. The van der Waals surface area contributed by atoms with Gasteiger partial charge in [-0.2, -0.15) is 0 Å². The van der Waals surface area contributed by atoms with Gasteiger partial charge >= 0.3 is 6.09 Å². The Morgan fingerprint density at radius 1 is 1.40 bits per heavy atom. The number of ether oxygens (including phenoxy) is 1. The van der Waals surface area contributed by atoms with Gasteiger partial charge in [0, 0.05) is 24.7 Å². The minimum absolute atomic E-state index is 0.159. The highest BCUT2D eigenvalue weighted by atomic mass is 16.6. The van der Waals surface area contributed by atoms with Crippen LogP contribution in [-0.4, -0.2) is 53.0 Å². The number of piperazine rings is 1. The molecule has 1 amide bonds. The van der Waals surface area contributed by atoms with Gasteiger partial charge in [0.25, 0.3) is 0 Å². The van der Waals surface area contributed by atoms with E-state index in [0.717, 1.165) is 36.2 Å². The second-order valence-corrected chi connectivity index (χ2v) is 7.98. The van der Waals surface area contributed by atoms with Crippen molar-refractivity contribution < 1.29 is 14.3 Å². The summed E-state index contributed by atoms with van der Waals surface area (Å²) in [5.41, 5.74) is 2.13. The van der Waals surface area contributed by atoms with E-state index in [0.29, 0.717) is 18.7 Å². The molecule has 2 atom stereocenters. The molecule has 3 heterocycles. The van der Waals surface area contributed by atoms with Crippen molar-refractivity contribution in [3.8, 4) is 0 Å². The van der Waals surface area contributed by atoms with Gasteiger partial charge < -0.3 is 14.5 Å². The first-order valence-electron chi connectivity index (χ1n) is 8.97. The van der Waals surface area contributed by atoms with Crippen LogP contribution < -0.4 is 4.90 Å². The molecule has 0 aromatic carbocycles. The molecule has 0 spiro atoms. The van der Waals surface area contributed by atoms with Crippen molar-refractivity contribution in [3.63, 3.8) is 0 Å². The van der Waals surface area contributed by atoms with E-state index in [9.17, 15) is 9.59 Å². The van der Waals surface area contributed by atoms with E-state index in [-0.39, 0.29) is 18.2 Å². The van der Waals surface area contributed by atoms with Crippen molar-refractivity contribution in [1.29, 1.82) is 0 Å². The van der Waals surface area contributed by atoms with Crippen LogP contribution in [0.4, 0.5) is 10.6 Å². The maximum Gasteiger partial charge on any atom is 0.410 e. The molecule has 25 heavy (non-hydrogen) atoms. The summed E-state index contributed by atoms with van der Waals surface area (Å²) in [6, 6.07) is 2.31. The summed E-state index contributed by atoms with van der Waals surface area (Å²) < 4.78 is 5.53. The van der Waals surface area contributed by atoms with Crippen molar-refractivity contribution in [1.82, 2.24) is 9.88 Å². The molecule has 1 aromatic heterocycles. The number of hydrogen-bond donors (Lipinski definition) is 0. The maximum absolute atomic E-state index is 12.4. The third-order valence-corrected chi connectivity index (χ3v) is 4.79. The summed E-state index contributed by atoms with van der Waals surface area (Å²) >= 11 is 0. The van der Waals surface area contributed by atoms with Crippen molar-refractivity contribution in [2.75, 3.05) is 18.0 Å². The van der Waals surface area contributed by atoms with E-state index >= 15 is 0 Å². The average Bonchev–Trinajstić information content (AvgIpc) is 2.89. The zero-order valence-corrected chi connectivity index (χ0v) is 15.7. The number of carbonyl (C=O) groups excluding carboxylic acids is 2. The van der Waals surface area contributed by atoms with E-state index in [1.165, 1.54) is 0 Å². The molecule has 0 bridgehead atoms. The number of aldehydes is 1. The van der Waals surface area contributed by atoms with Gasteiger partial charge in [-0.05, 0) is 52.2 Å². The zero-order chi connectivity index (χ0) is 18.4. The number of fused-ring (bicyclic) bond motifs is 3. The van der Waals surface area contributed by atoms with Gasteiger partial charge in [-0.3, -0.25) is 4.79 Å². The van der Waals surface area contributed by atoms with Crippen LogP contribution in [-0.2, 0) is 17.6 Å². The fourth-order valence-electron chi connectivity index (χ4n) is 3.82. The molecule has 1 aromatic rings. The van der Waals surface area contributed by atoms with Crippen LogP contribution in [0.1, 0.15) is 56.2 Å². The molecule has 2 aliphatic heterocycles. The molecule has 1 saturated heterocycles. The van der Waals surface area contributed by atoms with E-state index in [2.05, 4.69) is 11.8 Å². The number of aromatic nitrogens is 1. The van der Waals surface area contributed by atoms with E-state index in [1.54, 1.807) is 4.90 Å². The van der Waals surface area contributed by atoms with Crippen molar-refractivity contribution in [2.24, 2.45) is 0 Å². The lowest BCUT2D eigenvalue weighted by Gasteiger charge is -2.43. The molecule has 3 rings (SSSR count). The molecule has 6 heteroatoms. The number of rotatable bonds is 2. The van der Waals surface area contributed by atoms with Gasteiger partial charge in [0.15, 0.2) is 6.29 Å². The van der Waals surface area contributed by atoms with E-state index in [1.807, 2.05) is 33.8 Å². The predicted octanol–water partition coefficient (Wildman–Crippen LogP) is 2.83. The number of amides is 1. The second kappa shape index (κ2) is 6.32. The Morgan fingerprint density at radius 3 is 2.72 bits per heavy atom. The van der Waals surface area contributed by atoms with E-state index < -0.39 is 5.60 Å². The summed E-state index contributed by atoms with van der Waals surface area (Å²) in [6.45, 7) is 11.0. The summed E-state index contributed by atoms with van der Waals surface area (Å²) in [4.78, 5) is 32.6. The highest BCUT2D eigenvalue weighted by molar-refractivity contribution is 5.79. The van der Waals surface area contributed by atoms with Gasteiger partial charge in [-0.1, -0.05) is 6.92 Å². The quantitative estimate of drug-likeness (QED) is 0.771. The smallest absolute Gasteiger partial charge is 0.410 e. The Hall–Kier alpha value is -2.11. The normalized spacial score (nSPS) is 22.4. The number of aryl methyl sites for hydroxylation is 1. The van der Waals surface area contributed by atoms with Crippen LogP contribution >= 0.6 is 0 Å². The van der Waals surface area contributed by atoms with Gasteiger partial charge in [0.1, 0.15) is 11.4 Å². The molecule has 0 saturated carbocycles. The first-order chi connectivity index (χ1) is 11.7. The Morgan fingerprint density at radius 2 is 2.12 bits per heavy atom. The summed E-state index contributed by atoms with van der Waals surface area (Å²) in [5, 5.41) is 0. The highest BCUT2D eigenvalue weighted by Gasteiger charge is 2.41. The molecule has 0 N–H and O–H groups in total. The zero-order valence-electron chi connectivity index (χ0n) is 15.7. The number of nitrogens with zero attached hydrogens (tertiary/aromatic N) is 3. The number of anilines is 1. The first kappa shape index (κ1) is 17.7. The summed E-state index contributed by atoms with van der Waals surface area (Å²) in [6.07, 6.45) is 2.17. The molecule has 2 aliphatic rings. The lowest BCUT2D eigenvalue weighted by Crippen LogP contribution is -2.58. The molecule has 6 nitrogen and oxygen atoms in total. The molecular weight excluding hydrogens is 318 g/mol. The van der Waals surface area contributed by atoms with Crippen molar-refractivity contribution in [2.45, 2.75) is 65.1 Å². The fourth-order valence-corrected chi connectivity index (χ4v) is 3.82. The number of hydrogen-bond acceptors (Lipinski definition) is 5. The topological polar surface area (TPSA) is 62.7 Å². The van der Waals surface area contributed by atoms with Crippen molar-refractivity contribution in [3.05, 3.63) is 22.9 Å². The maximum atomic E-state index is 12.4. The monoisotopic (exact) mass is 345 g/mol. The van der Waals surface area contributed by atoms with Gasteiger partial charge in [0.2, 0.25) is 0 Å². The van der Waals surface area contributed by atoms with E-state index in [4.69, 9.17) is 9.72 Å². The number of carbonyl (C=O) groups is 2. The van der Waals surface area contributed by atoms with Crippen LogP contribution in [0.2, 0.25) is 0 Å². The minimum atomic E-state index is -0.494. The Bertz CT molecular complexity index is 696. The van der Waals surface area contributed by atoms with Crippen LogP contribution in [0, 0.1) is 0 Å². The van der Waals surface area contributed by atoms with Crippen LogP contribution in [0.3, 0.4) is 0 Å². The molecular formula is C19H27N3O3. The molecule has 136 valence electrons. The number of pyridine rings is 1. The first-order valence-corrected chi connectivity index (χ1v) is 8.97. The van der Waals surface area contributed by atoms with Crippen molar-refractivity contribution >= 4 is 18.2 Å². The second-order valence-electron chi connectivity index (χ2n) is 7.98. The standard InChI is InChI=1S/C19H27N3O3/c1-6-16-14(11-23)7-13-8-15-10-21(18(24)25-19(3,4)5)9-12(2)22(15)17(13)20-16/h7,11-12,15H,6,8-10H2,1-5H3/t12-,15-/m1/s1. The lowest BCUT2D eigenvalue weighted by atomic mass is 10.1. The van der Waals surface area contributed by atoms with Crippen LogP contribution in [0.5, 0.6) is 0 Å². The average molecular weight is 345 g/mol. The summed E-state index contributed by atoms with van der Waals surface area (Å²) in [7, 11) is 0. The van der Waals surface area contributed by atoms with Crippen LogP contribution in [0.15, 0.2) is 6.07 Å². The fraction of sp³-hybridized carbons (Fsp3) is 0.632. The van der Waals surface area contributed by atoms with Gasteiger partial charge in [-0.25, -0.2) is 9.78 Å². The van der Waals surface area contributed by atoms with Gasteiger partial charge in [-0.15, -0.1) is 0 Å². The molecule has 0 aliphatic carbocycles. The molecule has 1 fully saturated rings. The largest absolute Gasteiger partial charge is 0.444 e. The Kier molecular flexibility index (Phi) is 4.47. The lowest BCUT2D eigenvalue weighted by molar-refractivity contribution is 0.0191. The third kappa shape index (κ3) is 3.34. The Balaban J connectivity index is 1.84. The van der Waals surface area contributed by atoms with Gasteiger partial charge in [0.05, 0.1) is 11.7 Å². The van der Waals surface area contributed by atoms with Crippen LogP contribution in [0.25, 0.3) is 0 Å². The SMILES string of the molecule is CCc1nc2c(cc1C=O)C[C@@H]1CN(C(=O)OC(C)(C)C)C[C@@H](C)N21. The molecule has 0 unspecified atom stereocenters.